The third-order valence-electron chi connectivity index (χ3n) is 3.82. The van der Waals surface area contributed by atoms with Crippen LogP contribution in [0.15, 0.2) is 12.1 Å². The number of aromatic nitrogens is 1. The molecule has 0 aliphatic heterocycles. The van der Waals surface area contributed by atoms with Crippen LogP contribution in [-0.4, -0.2) is 28.9 Å². The molecule has 0 spiro atoms. The number of hydrogen-bond donors (Lipinski definition) is 1. The number of nitrogens with zero attached hydrogens (tertiary/aromatic N) is 2. The molecule has 108 valence electrons. The number of thiophene rings is 1. The molecule has 2 aromatic heterocycles. The summed E-state index contributed by atoms with van der Waals surface area (Å²) in [7, 11) is 1.83. The second kappa shape index (κ2) is 5.40. The highest BCUT2D eigenvalue weighted by Gasteiger charge is 2.24. The smallest absolute Gasteiger partial charge is 0.266 e. The minimum atomic E-state index is -0.0237. The second-order valence-corrected chi connectivity index (χ2v) is 6.55. The highest BCUT2D eigenvalue weighted by Crippen LogP contribution is 2.33. The number of carbonyl (C=O) groups is 1. The zero-order valence-electron chi connectivity index (χ0n) is 12.6. The third-order valence-corrected chi connectivity index (χ3v) is 4.93. The lowest BCUT2D eigenvalue weighted by molar-refractivity contribution is 0.0713. The molecule has 5 heteroatoms. The maximum atomic E-state index is 12.6. The van der Waals surface area contributed by atoms with Crippen LogP contribution in [0.25, 0.3) is 10.2 Å². The van der Waals surface area contributed by atoms with Crippen molar-refractivity contribution in [1.82, 2.24) is 9.88 Å². The highest BCUT2D eigenvalue weighted by atomic mass is 32.1. The van der Waals surface area contributed by atoms with Gasteiger partial charge < -0.3 is 10.6 Å². The van der Waals surface area contributed by atoms with Gasteiger partial charge in [-0.2, -0.15) is 0 Å². The summed E-state index contributed by atoms with van der Waals surface area (Å²) in [4.78, 5) is 20.2. The fourth-order valence-electron chi connectivity index (χ4n) is 2.04. The topological polar surface area (TPSA) is 59.2 Å². The van der Waals surface area contributed by atoms with Crippen molar-refractivity contribution in [1.29, 1.82) is 0 Å². The van der Waals surface area contributed by atoms with Gasteiger partial charge in [-0.1, -0.05) is 13.8 Å². The van der Waals surface area contributed by atoms with Gasteiger partial charge in [0.25, 0.3) is 5.91 Å². The fourth-order valence-corrected chi connectivity index (χ4v) is 3.16. The molecule has 0 saturated carbocycles. The third kappa shape index (κ3) is 2.50. The van der Waals surface area contributed by atoms with E-state index in [1.165, 1.54) is 11.3 Å². The maximum Gasteiger partial charge on any atom is 0.266 e. The lowest BCUT2D eigenvalue weighted by atomic mass is 10.1. The summed E-state index contributed by atoms with van der Waals surface area (Å²) in [6, 6.07) is 4.02. The Morgan fingerprint density at radius 2 is 2.00 bits per heavy atom. The lowest BCUT2D eigenvalue weighted by Gasteiger charge is -2.27. The molecule has 2 N–H and O–H groups in total. The summed E-state index contributed by atoms with van der Waals surface area (Å²) >= 11 is 1.38. The average Bonchev–Trinajstić information content (AvgIpc) is 2.72. The van der Waals surface area contributed by atoms with Crippen molar-refractivity contribution < 1.29 is 4.79 Å². The number of amides is 1. The van der Waals surface area contributed by atoms with Crippen LogP contribution in [0.1, 0.15) is 36.1 Å². The first-order valence-corrected chi connectivity index (χ1v) is 7.57. The zero-order valence-corrected chi connectivity index (χ0v) is 13.4. The standard InChI is InChI=1S/C15H21N3OS/c1-8(2)10(4)18(5)15(19)13-12(16)11-7-6-9(3)17-14(11)20-13/h6-8,10H,16H2,1-5H3. The number of fused-ring (bicyclic) bond motifs is 1. The van der Waals surface area contributed by atoms with E-state index in [-0.39, 0.29) is 11.9 Å². The quantitative estimate of drug-likeness (QED) is 0.944. The molecule has 4 nitrogen and oxygen atoms in total. The second-order valence-electron chi connectivity index (χ2n) is 5.55. The van der Waals surface area contributed by atoms with E-state index in [1.807, 2.05) is 26.1 Å². The Labute approximate surface area is 123 Å². The van der Waals surface area contributed by atoms with Gasteiger partial charge >= 0.3 is 0 Å². The van der Waals surface area contributed by atoms with Crippen LogP contribution < -0.4 is 5.73 Å². The van der Waals surface area contributed by atoms with Crippen LogP contribution in [0, 0.1) is 12.8 Å². The lowest BCUT2D eigenvalue weighted by Crippen LogP contribution is -2.38. The molecule has 0 radical (unpaired) electrons. The van der Waals surface area contributed by atoms with E-state index in [0.29, 0.717) is 16.5 Å². The van der Waals surface area contributed by atoms with E-state index in [4.69, 9.17) is 5.73 Å². The minimum Gasteiger partial charge on any atom is -0.397 e. The Morgan fingerprint density at radius 1 is 1.35 bits per heavy atom. The molecule has 1 unspecified atom stereocenters. The Kier molecular flexibility index (Phi) is 3.99. The summed E-state index contributed by atoms with van der Waals surface area (Å²) in [6.45, 7) is 8.19. The predicted octanol–water partition coefficient (Wildman–Crippen LogP) is 3.30. The highest BCUT2D eigenvalue weighted by molar-refractivity contribution is 7.21. The van der Waals surface area contributed by atoms with E-state index < -0.39 is 0 Å². The minimum absolute atomic E-state index is 0.0237. The molecule has 2 heterocycles. The summed E-state index contributed by atoms with van der Waals surface area (Å²) < 4.78 is 0. The van der Waals surface area contributed by atoms with Gasteiger partial charge in [0.05, 0.1) is 5.69 Å². The Morgan fingerprint density at radius 3 is 2.60 bits per heavy atom. The molecule has 2 rings (SSSR count). The van der Waals surface area contributed by atoms with Crippen LogP contribution in [0.5, 0.6) is 0 Å². The maximum absolute atomic E-state index is 12.6. The molecule has 2 aromatic rings. The molecule has 0 aliphatic rings. The SMILES string of the molecule is Cc1ccc2c(N)c(C(=O)N(C)C(C)C(C)C)sc2n1. The first kappa shape index (κ1) is 14.8. The molecule has 0 aromatic carbocycles. The van der Waals surface area contributed by atoms with Gasteiger partial charge in [-0.05, 0) is 31.9 Å². The molecule has 0 bridgehead atoms. The van der Waals surface area contributed by atoms with Crippen LogP contribution in [-0.2, 0) is 0 Å². The largest absolute Gasteiger partial charge is 0.397 e. The number of nitrogen functional groups attached to an aromatic ring is 1. The Hall–Kier alpha value is -1.62. The number of anilines is 1. The van der Waals surface area contributed by atoms with Gasteiger partial charge in [-0.3, -0.25) is 4.79 Å². The van der Waals surface area contributed by atoms with Crippen molar-refractivity contribution in [2.45, 2.75) is 33.7 Å². The summed E-state index contributed by atoms with van der Waals surface area (Å²) in [6.07, 6.45) is 0. The van der Waals surface area contributed by atoms with Crippen LogP contribution in [0.2, 0.25) is 0 Å². The van der Waals surface area contributed by atoms with Crippen LogP contribution in [0.3, 0.4) is 0 Å². The van der Waals surface area contributed by atoms with Crippen molar-refractivity contribution in [3.05, 3.63) is 22.7 Å². The van der Waals surface area contributed by atoms with E-state index in [9.17, 15) is 4.79 Å². The van der Waals surface area contributed by atoms with Crippen molar-refractivity contribution >= 4 is 33.1 Å². The zero-order chi connectivity index (χ0) is 15.0. The normalized spacial score (nSPS) is 12.9. The van der Waals surface area contributed by atoms with Gasteiger partial charge in [0.1, 0.15) is 9.71 Å². The van der Waals surface area contributed by atoms with Crippen LogP contribution >= 0.6 is 11.3 Å². The van der Waals surface area contributed by atoms with Crippen LogP contribution in [0.4, 0.5) is 5.69 Å². The number of rotatable bonds is 3. The monoisotopic (exact) mass is 291 g/mol. The predicted molar refractivity (Wildman–Crippen MR) is 85.2 cm³/mol. The Bertz CT molecular complexity index is 648. The van der Waals surface area contributed by atoms with E-state index in [2.05, 4.69) is 25.8 Å². The molecular formula is C15H21N3OS. The molecule has 1 atom stereocenters. The van der Waals surface area contributed by atoms with Gasteiger partial charge in [0.2, 0.25) is 0 Å². The molecule has 1 amide bonds. The number of pyridine rings is 1. The van der Waals surface area contributed by atoms with Gasteiger partial charge in [0.15, 0.2) is 0 Å². The number of nitrogens with two attached hydrogens (primary N) is 1. The number of carbonyl (C=O) groups excluding carboxylic acids is 1. The number of aryl methyl sites for hydroxylation is 1. The summed E-state index contributed by atoms with van der Waals surface area (Å²) in [5, 5.41) is 0.870. The van der Waals surface area contributed by atoms with Crippen molar-refractivity contribution in [2.24, 2.45) is 5.92 Å². The van der Waals surface area contributed by atoms with E-state index in [0.717, 1.165) is 15.9 Å². The van der Waals surface area contributed by atoms with Crippen molar-refractivity contribution in [3.8, 4) is 0 Å². The van der Waals surface area contributed by atoms with Gasteiger partial charge in [-0.25, -0.2) is 4.98 Å². The molecule has 0 fully saturated rings. The molecule has 0 aliphatic carbocycles. The fraction of sp³-hybridized carbons (Fsp3) is 0.467. The van der Waals surface area contributed by atoms with Crippen molar-refractivity contribution in [2.75, 3.05) is 12.8 Å². The summed E-state index contributed by atoms with van der Waals surface area (Å²) in [5.41, 5.74) is 7.61. The molecule has 20 heavy (non-hydrogen) atoms. The van der Waals surface area contributed by atoms with Gasteiger partial charge in [0, 0.05) is 24.2 Å². The van der Waals surface area contributed by atoms with Gasteiger partial charge in [-0.15, -0.1) is 11.3 Å². The average molecular weight is 291 g/mol. The van der Waals surface area contributed by atoms with E-state index in [1.54, 1.807) is 4.90 Å². The van der Waals surface area contributed by atoms with Crippen molar-refractivity contribution in [3.63, 3.8) is 0 Å². The molecular weight excluding hydrogens is 270 g/mol. The first-order valence-electron chi connectivity index (χ1n) is 6.75. The Balaban J connectivity index is 2.42. The molecule has 0 saturated heterocycles. The van der Waals surface area contributed by atoms with E-state index >= 15 is 0 Å². The first-order chi connectivity index (χ1) is 9.32. The summed E-state index contributed by atoms with van der Waals surface area (Å²) in [5.74, 6) is 0.379. The number of hydrogen-bond acceptors (Lipinski definition) is 4.